The van der Waals surface area contributed by atoms with Gasteiger partial charge in [0.15, 0.2) is 0 Å². The summed E-state index contributed by atoms with van der Waals surface area (Å²) in [5.74, 6) is 2.23. The van der Waals surface area contributed by atoms with Crippen LogP contribution in [-0.4, -0.2) is 0 Å². The second kappa shape index (κ2) is 15.2. The predicted molar refractivity (Wildman–Crippen MR) is 251 cm³/mol. The lowest BCUT2D eigenvalue weighted by Gasteiger charge is -2.26. The monoisotopic (exact) mass is 767 g/mol. The molecule has 1 aliphatic carbocycles. The van der Waals surface area contributed by atoms with E-state index < -0.39 is 0 Å². The molecule has 9 aromatic rings. The van der Waals surface area contributed by atoms with E-state index in [0.29, 0.717) is 0 Å². The van der Waals surface area contributed by atoms with Crippen LogP contribution in [0.5, 0.6) is 5.75 Å². The molecule has 1 atom stereocenters. The van der Waals surface area contributed by atoms with Gasteiger partial charge in [-0.2, -0.15) is 0 Å². The lowest BCUT2D eigenvalue weighted by atomic mass is 9.82. The maximum absolute atomic E-state index is 6.28. The van der Waals surface area contributed by atoms with E-state index in [1.807, 2.05) is 0 Å². The van der Waals surface area contributed by atoms with E-state index in [1.165, 1.54) is 72.0 Å². The Balaban J connectivity index is 0.974. The summed E-state index contributed by atoms with van der Waals surface area (Å²) in [5, 5.41) is 2.51. The fourth-order valence-corrected chi connectivity index (χ4v) is 9.08. The van der Waals surface area contributed by atoms with E-state index in [-0.39, 0.29) is 5.92 Å². The first-order valence-corrected chi connectivity index (χ1v) is 20.8. The van der Waals surface area contributed by atoms with Crippen molar-refractivity contribution in [1.82, 2.24) is 0 Å². The Hall–Kier alpha value is -7.68. The maximum Gasteiger partial charge on any atom is 0.130 e. The molecule has 2 nitrogen and oxygen atoms in total. The molecule has 0 N–H and O–H groups in total. The summed E-state index contributed by atoms with van der Waals surface area (Å²) in [6, 6.07) is 78.9. The molecule has 0 radical (unpaired) electrons. The number of fused-ring (bicyclic) bond motifs is 4. The van der Waals surface area contributed by atoms with Gasteiger partial charge in [-0.05, 0) is 127 Å². The number of rotatable bonds is 8. The Kier molecular flexibility index (Phi) is 9.02. The van der Waals surface area contributed by atoms with Crippen LogP contribution in [-0.2, 0) is 0 Å². The van der Waals surface area contributed by atoms with E-state index in [1.54, 1.807) is 0 Å². The number of allylic oxidation sites excluding steroid dienone is 4. The molecule has 9 aromatic carbocycles. The van der Waals surface area contributed by atoms with Crippen LogP contribution in [0, 0.1) is 0 Å². The third-order valence-corrected chi connectivity index (χ3v) is 12.1. The number of nitrogens with zero attached hydrogens (tertiary/aromatic N) is 1. The van der Waals surface area contributed by atoms with E-state index >= 15 is 0 Å². The van der Waals surface area contributed by atoms with Crippen LogP contribution < -0.4 is 9.64 Å². The van der Waals surface area contributed by atoms with Gasteiger partial charge in [-0.15, -0.1) is 0 Å². The number of hydrogen-bond acceptors (Lipinski definition) is 2. The Morgan fingerprint density at radius 2 is 0.967 bits per heavy atom. The average Bonchev–Trinajstić information content (AvgIpc) is 3.70. The van der Waals surface area contributed by atoms with Crippen LogP contribution in [0.25, 0.3) is 60.9 Å². The van der Waals surface area contributed by atoms with E-state index in [4.69, 9.17) is 4.74 Å². The van der Waals surface area contributed by atoms with Crippen molar-refractivity contribution in [2.45, 2.75) is 12.3 Å². The van der Waals surface area contributed by atoms with Crippen LogP contribution in [0.4, 0.5) is 17.1 Å². The van der Waals surface area contributed by atoms with Gasteiger partial charge in [-0.1, -0.05) is 176 Å². The molecule has 0 saturated carbocycles. The molecule has 0 saturated heterocycles. The molecule has 0 bridgehead atoms. The Morgan fingerprint density at radius 1 is 0.383 bits per heavy atom. The second-order valence-corrected chi connectivity index (χ2v) is 15.7. The van der Waals surface area contributed by atoms with Crippen molar-refractivity contribution in [3.63, 3.8) is 0 Å². The lowest BCUT2D eigenvalue weighted by Crippen LogP contribution is -2.10. The van der Waals surface area contributed by atoms with Gasteiger partial charge < -0.3 is 9.64 Å². The maximum atomic E-state index is 6.28. The summed E-state index contributed by atoms with van der Waals surface area (Å²) < 4.78 is 6.28. The molecule has 11 rings (SSSR count). The van der Waals surface area contributed by atoms with Crippen LogP contribution >= 0.6 is 0 Å². The summed E-state index contributed by atoms with van der Waals surface area (Å²) in [6.07, 6.45) is 5.33. The number of ether oxygens (including phenoxy) is 1. The molecule has 0 spiro atoms. The largest absolute Gasteiger partial charge is 0.461 e. The number of anilines is 3. The molecule has 2 aliphatic rings. The number of para-hydroxylation sites is 1. The molecule has 2 heteroatoms. The predicted octanol–water partition coefficient (Wildman–Crippen LogP) is 15.8. The fraction of sp³-hybridized carbons (Fsp3) is 0.0345. The van der Waals surface area contributed by atoms with Crippen molar-refractivity contribution in [2.24, 2.45) is 0 Å². The van der Waals surface area contributed by atoms with Gasteiger partial charge in [0.05, 0.1) is 0 Å². The minimum Gasteiger partial charge on any atom is -0.461 e. The van der Waals surface area contributed by atoms with Gasteiger partial charge in [0.25, 0.3) is 0 Å². The molecular formula is C58H41NO. The van der Waals surface area contributed by atoms with Gasteiger partial charge in [-0.3, -0.25) is 0 Å². The van der Waals surface area contributed by atoms with E-state index in [2.05, 4.69) is 235 Å². The van der Waals surface area contributed by atoms with Crippen molar-refractivity contribution in [3.05, 3.63) is 247 Å². The molecular weight excluding hydrogens is 727 g/mol. The van der Waals surface area contributed by atoms with Crippen molar-refractivity contribution >= 4 is 33.4 Å². The first-order valence-electron chi connectivity index (χ1n) is 20.8. The van der Waals surface area contributed by atoms with Gasteiger partial charge >= 0.3 is 0 Å². The molecule has 1 unspecified atom stereocenters. The smallest absolute Gasteiger partial charge is 0.130 e. The Labute approximate surface area is 351 Å². The fourth-order valence-electron chi connectivity index (χ4n) is 9.08. The molecule has 0 fully saturated rings. The highest BCUT2D eigenvalue weighted by atomic mass is 16.5. The summed E-state index contributed by atoms with van der Waals surface area (Å²) >= 11 is 0. The lowest BCUT2D eigenvalue weighted by molar-refractivity contribution is 0.426. The molecule has 1 aliphatic heterocycles. The van der Waals surface area contributed by atoms with Gasteiger partial charge in [0, 0.05) is 28.5 Å². The summed E-state index contributed by atoms with van der Waals surface area (Å²) in [4.78, 5) is 2.37. The zero-order valence-electron chi connectivity index (χ0n) is 33.1. The first-order chi connectivity index (χ1) is 29.7. The van der Waals surface area contributed by atoms with Crippen molar-refractivity contribution in [2.75, 3.05) is 4.90 Å². The average molecular weight is 768 g/mol. The molecule has 1 heterocycles. The minimum absolute atomic E-state index is 0.222. The van der Waals surface area contributed by atoms with Crippen molar-refractivity contribution < 1.29 is 4.74 Å². The van der Waals surface area contributed by atoms with Crippen molar-refractivity contribution in [1.29, 1.82) is 0 Å². The second-order valence-electron chi connectivity index (χ2n) is 15.7. The van der Waals surface area contributed by atoms with Crippen LogP contribution in [0.2, 0.25) is 0 Å². The summed E-state index contributed by atoms with van der Waals surface area (Å²) in [6.45, 7) is 0. The van der Waals surface area contributed by atoms with Crippen LogP contribution in [0.15, 0.2) is 236 Å². The van der Waals surface area contributed by atoms with Gasteiger partial charge in [-0.25, -0.2) is 0 Å². The van der Waals surface area contributed by atoms with E-state index in [9.17, 15) is 0 Å². The standard InChI is InChI=1S/C58H41NO/c1-3-13-40(14-4-1)45-19-11-20-50(37-45)59(49-33-27-44(28-34-49)52-23-12-18-43-17-7-8-21-51(43)52)48-31-25-41(26-32-48)46-29-35-53(42-15-5-2-6-16-42)55(38-46)47-30-36-58-56(39-47)54-22-9-10-24-57(54)60-58/h1-38,56H,39H2. The van der Waals surface area contributed by atoms with Crippen LogP contribution in [0.3, 0.4) is 0 Å². The topological polar surface area (TPSA) is 12.5 Å². The summed E-state index contributed by atoms with van der Waals surface area (Å²) in [7, 11) is 0. The zero-order chi connectivity index (χ0) is 39.8. The summed E-state index contributed by atoms with van der Waals surface area (Å²) in [5.41, 5.74) is 16.8. The Morgan fingerprint density at radius 3 is 1.77 bits per heavy atom. The third-order valence-electron chi connectivity index (χ3n) is 12.1. The highest BCUT2D eigenvalue weighted by Gasteiger charge is 2.32. The molecule has 0 amide bonds. The van der Waals surface area contributed by atoms with Gasteiger partial charge in [0.2, 0.25) is 0 Å². The first kappa shape index (κ1) is 35.5. The quantitative estimate of drug-likeness (QED) is 0.153. The SMILES string of the molecule is C1=C(c2cc(-c3ccc(N(c4ccc(-c5cccc6ccccc56)cc4)c4cccc(-c5ccccc5)c4)cc3)ccc2-c2ccccc2)CC2C(=C1)Oc1ccccc12. The third kappa shape index (κ3) is 6.59. The molecule has 60 heavy (non-hydrogen) atoms. The van der Waals surface area contributed by atoms with E-state index in [0.717, 1.165) is 35.0 Å². The highest BCUT2D eigenvalue weighted by molar-refractivity contribution is 5.97. The normalized spacial score (nSPS) is 14.1. The molecule has 0 aromatic heterocycles. The zero-order valence-corrected chi connectivity index (χ0v) is 33.1. The van der Waals surface area contributed by atoms with Crippen molar-refractivity contribution in [3.8, 4) is 50.3 Å². The minimum atomic E-state index is 0.222. The number of hydrogen-bond donors (Lipinski definition) is 0. The highest BCUT2D eigenvalue weighted by Crippen LogP contribution is 2.49. The number of benzene rings is 9. The molecule has 284 valence electrons. The Bertz CT molecular complexity index is 3060. The van der Waals surface area contributed by atoms with Gasteiger partial charge in [0.1, 0.15) is 11.5 Å². The van der Waals surface area contributed by atoms with Crippen LogP contribution in [0.1, 0.15) is 23.5 Å².